The van der Waals surface area contributed by atoms with E-state index in [0.717, 1.165) is 17.2 Å². The molecule has 0 aromatic heterocycles. The van der Waals surface area contributed by atoms with Crippen LogP contribution in [0.3, 0.4) is 0 Å². The normalized spacial score (nSPS) is 14.3. The first-order valence-electron chi connectivity index (χ1n) is 11.4. The van der Waals surface area contributed by atoms with Gasteiger partial charge in [0.1, 0.15) is 5.75 Å². The second-order valence-electron chi connectivity index (χ2n) is 8.61. The van der Waals surface area contributed by atoms with Crippen molar-refractivity contribution in [1.29, 1.82) is 5.26 Å². The summed E-state index contributed by atoms with van der Waals surface area (Å²) in [5.41, 5.74) is 2.50. The summed E-state index contributed by atoms with van der Waals surface area (Å²) in [6.45, 7) is 0.323. The molecule has 0 spiro atoms. The van der Waals surface area contributed by atoms with Crippen molar-refractivity contribution in [1.82, 2.24) is 10.2 Å². The van der Waals surface area contributed by atoms with Gasteiger partial charge in [-0.1, -0.05) is 54.6 Å². The van der Waals surface area contributed by atoms with Crippen molar-refractivity contribution in [3.8, 4) is 22.9 Å². The number of fused-ring (bicyclic) bond motifs is 1. The van der Waals surface area contributed by atoms with E-state index in [-0.39, 0.29) is 36.3 Å². The summed E-state index contributed by atoms with van der Waals surface area (Å²) in [6.07, 6.45) is -8.93. The van der Waals surface area contributed by atoms with Gasteiger partial charge in [0.25, 0.3) is 11.8 Å². The number of alkyl halides is 3. The van der Waals surface area contributed by atoms with Crippen molar-refractivity contribution < 1.29 is 37.7 Å². The summed E-state index contributed by atoms with van der Waals surface area (Å²) in [5.74, 6) is -2.27. The lowest BCUT2D eigenvalue weighted by atomic mass is 9.97. The number of para-hydroxylation sites is 1. The quantitative estimate of drug-likeness (QED) is 0.436. The number of halogens is 3. The summed E-state index contributed by atoms with van der Waals surface area (Å²) in [7, 11) is 0. The molecule has 2 atom stereocenters. The highest BCUT2D eigenvalue weighted by Crippen LogP contribution is 2.35. The lowest BCUT2D eigenvalue weighted by Gasteiger charge is -2.22. The minimum atomic E-state index is -4.92. The predicted molar refractivity (Wildman–Crippen MR) is 128 cm³/mol. The van der Waals surface area contributed by atoms with Crippen LogP contribution in [0, 0.1) is 11.3 Å². The lowest BCUT2D eigenvalue weighted by Crippen LogP contribution is -2.49. The zero-order valence-corrected chi connectivity index (χ0v) is 19.8. The lowest BCUT2D eigenvalue weighted by molar-refractivity contribution is -0.274. The maximum absolute atomic E-state index is 12.8. The molecule has 1 aliphatic heterocycles. The molecule has 0 saturated carbocycles. The zero-order chi connectivity index (χ0) is 27.4. The van der Waals surface area contributed by atoms with Gasteiger partial charge < -0.3 is 25.2 Å². The van der Waals surface area contributed by atoms with E-state index in [9.17, 15) is 38.2 Å². The summed E-state index contributed by atoms with van der Waals surface area (Å²) in [5, 5.41) is 32.5. The van der Waals surface area contributed by atoms with E-state index >= 15 is 0 Å². The number of carbonyl (C=O) groups is 2. The highest BCUT2D eigenvalue weighted by Gasteiger charge is 2.35. The third-order valence-corrected chi connectivity index (χ3v) is 6.05. The summed E-state index contributed by atoms with van der Waals surface area (Å²) in [6, 6.07) is 18.9. The van der Waals surface area contributed by atoms with Gasteiger partial charge in [-0.05, 0) is 28.8 Å². The number of hydrogen-bond donors (Lipinski definition) is 3. The Morgan fingerprint density at radius 3 is 2.24 bits per heavy atom. The molecule has 4 rings (SSSR count). The predicted octanol–water partition coefficient (Wildman–Crippen LogP) is 3.00. The third kappa shape index (κ3) is 5.94. The van der Waals surface area contributed by atoms with E-state index in [1.165, 1.54) is 41.3 Å². The van der Waals surface area contributed by atoms with Crippen LogP contribution in [-0.2, 0) is 29.2 Å². The van der Waals surface area contributed by atoms with Crippen LogP contribution in [0.25, 0.3) is 11.1 Å². The Morgan fingerprint density at radius 2 is 1.61 bits per heavy atom. The molecule has 3 N–H and O–H groups in total. The molecule has 1 heterocycles. The number of aliphatic hydroxyl groups is 2. The fourth-order valence-corrected chi connectivity index (χ4v) is 4.18. The number of ether oxygens (including phenoxy) is 1. The van der Waals surface area contributed by atoms with E-state index < -0.39 is 36.1 Å². The zero-order valence-electron chi connectivity index (χ0n) is 19.8. The van der Waals surface area contributed by atoms with Crippen LogP contribution in [0.4, 0.5) is 13.2 Å². The average molecular weight is 525 g/mol. The topological polar surface area (TPSA) is 123 Å². The fraction of sp³-hybridized carbons (Fsp3) is 0.222. The highest BCUT2D eigenvalue weighted by atomic mass is 19.4. The SMILES string of the molecule is N#Cc1cc(CNC(=O)[C@H](O)[C@@H](O)C(=O)N2Cc3ccccc3C2)ccc1-c1ccccc1OC(F)(F)F. The Bertz CT molecular complexity index is 1380. The number of nitriles is 1. The summed E-state index contributed by atoms with van der Waals surface area (Å²) in [4.78, 5) is 26.4. The van der Waals surface area contributed by atoms with Crippen molar-refractivity contribution in [2.24, 2.45) is 0 Å². The van der Waals surface area contributed by atoms with Gasteiger partial charge in [-0.25, -0.2) is 0 Å². The molecular formula is C27H22F3N3O5. The van der Waals surface area contributed by atoms with Crippen LogP contribution in [0.1, 0.15) is 22.3 Å². The van der Waals surface area contributed by atoms with Crippen LogP contribution in [-0.4, -0.2) is 45.5 Å². The number of nitrogens with one attached hydrogen (secondary N) is 1. The van der Waals surface area contributed by atoms with Crippen LogP contribution < -0.4 is 10.1 Å². The number of rotatable bonds is 7. The van der Waals surface area contributed by atoms with Gasteiger partial charge in [0, 0.05) is 30.8 Å². The molecule has 8 nitrogen and oxygen atoms in total. The number of amides is 2. The van der Waals surface area contributed by atoms with Crippen LogP contribution in [0.15, 0.2) is 66.7 Å². The van der Waals surface area contributed by atoms with Gasteiger partial charge in [-0.2, -0.15) is 5.26 Å². The monoisotopic (exact) mass is 525 g/mol. The molecule has 2 amide bonds. The first-order chi connectivity index (χ1) is 18.1. The van der Waals surface area contributed by atoms with E-state index in [2.05, 4.69) is 10.1 Å². The maximum atomic E-state index is 12.8. The average Bonchev–Trinajstić information content (AvgIpc) is 3.34. The summed E-state index contributed by atoms with van der Waals surface area (Å²) >= 11 is 0. The number of carbonyl (C=O) groups excluding carboxylic acids is 2. The number of hydrogen-bond acceptors (Lipinski definition) is 6. The second-order valence-corrected chi connectivity index (χ2v) is 8.61. The minimum absolute atomic E-state index is 0.0272. The Morgan fingerprint density at radius 1 is 0.974 bits per heavy atom. The second kappa shape index (κ2) is 10.9. The third-order valence-electron chi connectivity index (χ3n) is 6.05. The molecule has 0 fully saturated rings. The van der Waals surface area contributed by atoms with Gasteiger partial charge >= 0.3 is 6.36 Å². The molecule has 3 aromatic rings. The van der Waals surface area contributed by atoms with Gasteiger partial charge in [-0.3, -0.25) is 9.59 Å². The van der Waals surface area contributed by atoms with Crippen LogP contribution in [0.2, 0.25) is 0 Å². The molecule has 0 saturated heterocycles. The van der Waals surface area contributed by atoms with Crippen molar-refractivity contribution in [3.05, 3.63) is 89.0 Å². The van der Waals surface area contributed by atoms with Crippen molar-refractivity contribution in [3.63, 3.8) is 0 Å². The largest absolute Gasteiger partial charge is 0.573 e. The van der Waals surface area contributed by atoms with Crippen LogP contribution in [0.5, 0.6) is 5.75 Å². The molecule has 3 aromatic carbocycles. The Labute approximate surface area is 215 Å². The number of benzene rings is 3. The molecule has 11 heteroatoms. The molecule has 38 heavy (non-hydrogen) atoms. The first-order valence-corrected chi connectivity index (χ1v) is 11.4. The van der Waals surface area contributed by atoms with E-state index in [4.69, 9.17) is 0 Å². The number of nitrogens with zero attached hydrogens (tertiary/aromatic N) is 2. The fourth-order valence-electron chi connectivity index (χ4n) is 4.18. The highest BCUT2D eigenvalue weighted by molar-refractivity contribution is 5.91. The van der Waals surface area contributed by atoms with Crippen LogP contribution >= 0.6 is 0 Å². The van der Waals surface area contributed by atoms with E-state index in [1.54, 1.807) is 0 Å². The molecule has 0 unspecified atom stereocenters. The molecule has 0 aliphatic carbocycles. The molecular weight excluding hydrogens is 503 g/mol. The summed E-state index contributed by atoms with van der Waals surface area (Å²) < 4.78 is 42.4. The Hall–Kier alpha value is -4.40. The molecule has 0 radical (unpaired) electrons. The first kappa shape index (κ1) is 26.7. The minimum Gasteiger partial charge on any atom is -0.405 e. The van der Waals surface area contributed by atoms with Gasteiger partial charge in [-0.15, -0.1) is 13.2 Å². The number of aliphatic hydroxyl groups excluding tert-OH is 2. The van der Waals surface area contributed by atoms with Crippen molar-refractivity contribution >= 4 is 11.8 Å². The van der Waals surface area contributed by atoms with Gasteiger partial charge in [0.05, 0.1) is 11.6 Å². The Kier molecular flexibility index (Phi) is 7.66. The smallest absolute Gasteiger partial charge is 0.405 e. The maximum Gasteiger partial charge on any atom is 0.573 e. The molecule has 196 valence electrons. The van der Waals surface area contributed by atoms with E-state index in [1.807, 2.05) is 30.3 Å². The van der Waals surface area contributed by atoms with E-state index in [0.29, 0.717) is 5.56 Å². The van der Waals surface area contributed by atoms with Crippen molar-refractivity contribution in [2.75, 3.05) is 0 Å². The standard InChI is InChI=1S/C27H22F3N3O5/c28-27(29,30)38-22-8-4-3-7-21(22)20-10-9-16(11-19(20)12-31)13-32-25(36)23(34)24(35)26(37)33-14-17-5-1-2-6-18(17)15-33/h1-11,23-24,34-35H,13-15H2,(H,32,36)/t23-,24-/m1/s1. The van der Waals surface area contributed by atoms with Crippen molar-refractivity contribution in [2.45, 2.75) is 38.2 Å². The Balaban J connectivity index is 1.41. The molecule has 0 bridgehead atoms. The van der Waals surface area contributed by atoms with Gasteiger partial charge in [0.2, 0.25) is 0 Å². The van der Waals surface area contributed by atoms with Gasteiger partial charge in [0.15, 0.2) is 12.2 Å². The molecule has 1 aliphatic rings.